The van der Waals surface area contributed by atoms with E-state index in [2.05, 4.69) is 47.5 Å². The summed E-state index contributed by atoms with van der Waals surface area (Å²) in [6.45, 7) is 6.28. The van der Waals surface area contributed by atoms with Gasteiger partial charge in [-0.25, -0.2) is 0 Å². The van der Waals surface area contributed by atoms with Gasteiger partial charge in [-0.05, 0) is 67.4 Å². The van der Waals surface area contributed by atoms with Gasteiger partial charge >= 0.3 is 0 Å². The fourth-order valence-electron chi connectivity index (χ4n) is 4.11. The van der Waals surface area contributed by atoms with Gasteiger partial charge in [-0.15, -0.1) is 0 Å². The van der Waals surface area contributed by atoms with Gasteiger partial charge in [0.2, 0.25) is 5.91 Å². The Morgan fingerprint density at radius 3 is 2.34 bits per heavy atom. The van der Waals surface area contributed by atoms with Gasteiger partial charge < -0.3 is 10.1 Å². The maximum Gasteiger partial charge on any atom is 0.220 e. The van der Waals surface area contributed by atoms with E-state index < -0.39 is 0 Å². The minimum atomic E-state index is 0.153. The molecular formula is C25H34N2O2. The second kappa shape index (κ2) is 10.4. The van der Waals surface area contributed by atoms with Gasteiger partial charge in [0, 0.05) is 19.5 Å². The highest BCUT2D eigenvalue weighted by Gasteiger charge is 2.33. The molecule has 0 unspecified atom stereocenters. The second-order valence-electron chi connectivity index (χ2n) is 8.24. The number of rotatable bonds is 9. The van der Waals surface area contributed by atoms with Crippen molar-refractivity contribution in [3.63, 3.8) is 0 Å². The topological polar surface area (TPSA) is 41.6 Å². The smallest absolute Gasteiger partial charge is 0.220 e. The highest BCUT2D eigenvalue weighted by molar-refractivity contribution is 5.76. The molecule has 1 aliphatic heterocycles. The number of carbonyl (C=O) groups excluding carboxylic acids is 1. The van der Waals surface area contributed by atoms with E-state index in [0.717, 1.165) is 57.6 Å². The third-order valence-corrected chi connectivity index (χ3v) is 6.38. The summed E-state index contributed by atoms with van der Waals surface area (Å²) in [5.74, 6) is 1.00. The third-order valence-electron chi connectivity index (χ3n) is 6.38. The molecule has 1 saturated heterocycles. The number of ether oxygens (including phenoxy) is 1. The SMILES string of the molecule is CCC1(CNC(=O)CCc2ccc(OC)cc2)CCN(Cc2ccccc2)CC1. The van der Waals surface area contributed by atoms with Crippen LogP contribution in [-0.4, -0.2) is 37.6 Å². The van der Waals surface area contributed by atoms with E-state index in [1.165, 1.54) is 11.1 Å². The molecule has 3 rings (SSSR count). The first-order valence-electron chi connectivity index (χ1n) is 10.8. The first-order chi connectivity index (χ1) is 14.1. The van der Waals surface area contributed by atoms with E-state index in [-0.39, 0.29) is 11.3 Å². The van der Waals surface area contributed by atoms with Crippen LogP contribution in [0.5, 0.6) is 5.75 Å². The lowest BCUT2D eigenvalue weighted by Crippen LogP contribution is -2.45. The molecule has 2 aromatic rings. The molecule has 0 radical (unpaired) electrons. The van der Waals surface area contributed by atoms with Gasteiger partial charge in [-0.2, -0.15) is 0 Å². The first kappa shape index (κ1) is 21.4. The normalized spacial score (nSPS) is 16.3. The summed E-state index contributed by atoms with van der Waals surface area (Å²) < 4.78 is 5.18. The summed E-state index contributed by atoms with van der Waals surface area (Å²) in [6.07, 6.45) is 4.71. The van der Waals surface area contributed by atoms with Gasteiger partial charge in [-0.1, -0.05) is 49.4 Å². The Balaban J connectivity index is 1.41. The number of likely N-dealkylation sites (tertiary alicyclic amines) is 1. The molecule has 1 N–H and O–H groups in total. The maximum absolute atomic E-state index is 12.4. The Morgan fingerprint density at radius 1 is 1.03 bits per heavy atom. The molecule has 0 aromatic heterocycles. The van der Waals surface area contributed by atoms with Crippen LogP contribution < -0.4 is 10.1 Å². The Labute approximate surface area is 175 Å². The number of hydrogen-bond acceptors (Lipinski definition) is 3. The van der Waals surface area contributed by atoms with Crippen LogP contribution >= 0.6 is 0 Å². The van der Waals surface area contributed by atoms with Crippen molar-refractivity contribution in [1.82, 2.24) is 10.2 Å². The molecule has 0 bridgehead atoms. The molecule has 1 aliphatic rings. The molecule has 1 amide bonds. The Kier molecular flexibility index (Phi) is 7.70. The summed E-state index contributed by atoms with van der Waals surface area (Å²) in [6, 6.07) is 18.6. The predicted octanol–water partition coefficient (Wildman–Crippen LogP) is 4.44. The molecule has 4 nitrogen and oxygen atoms in total. The Hall–Kier alpha value is -2.33. The number of nitrogens with one attached hydrogen (secondary N) is 1. The number of methoxy groups -OCH3 is 1. The van der Waals surface area contributed by atoms with Crippen molar-refractivity contribution in [3.8, 4) is 5.75 Å². The van der Waals surface area contributed by atoms with Crippen molar-refractivity contribution in [3.05, 3.63) is 65.7 Å². The number of amides is 1. The minimum absolute atomic E-state index is 0.153. The van der Waals surface area contributed by atoms with Crippen LogP contribution in [0.1, 0.15) is 43.7 Å². The quantitative estimate of drug-likeness (QED) is 0.684. The van der Waals surface area contributed by atoms with Crippen LogP contribution in [0, 0.1) is 5.41 Å². The highest BCUT2D eigenvalue weighted by atomic mass is 16.5. The van der Waals surface area contributed by atoms with Crippen molar-refractivity contribution in [2.75, 3.05) is 26.7 Å². The molecular weight excluding hydrogens is 360 g/mol. The highest BCUT2D eigenvalue weighted by Crippen LogP contribution is 2.34. The molecule has 156 valence electrons. The van der Waals surface area contributed by atoms with Crippen molar-refractivity contribution in [1.29, 1.82) is 0 Å². The Morgan fingerprint density at radius 2 is 1.72 bits per heavy atom. The van der Waals surface area contributed by atoms with E-state index in [9.17, 15) is 4.79 Å². The number of nitrogens with zero attached hydrogens (tertiary/aromatic N) is 1. The van der Waals surface area contributed by atoms with Gasteiger partial charge in [0.25, 0.3) is 0 Å². The lowest BCUT2D eigenvalue weighted by Gasteiger charge is -2.41. The van der Waals surface area contributed by atoms with Crippen LogP contribution in [0.4, 0.5) is 0 Å². The third kappa shape index (κ3) is 6.33. The second-order valence-corrected chi connectivity index (χ2v) is 8.24. The number of benzene rings is 2. The van der Waals surface area contributed by atoms with Gasteiger partial charge in [-0.3, -0.25) is 9.69 Å². The molecule has 0 saturated carbocycles. The zero-order valence-corrected chi connectivity index (χ0v) is 17.8. The van der Waals surface area contributed by atoms with E-state index >= 15 is 0 Å². The average Bonchev–Trinajstić information content (AvgIpc) is 2.78. The van der Waals surface area contributed by atoms with Crippen molar-refractivity contribution in [2.24, 2.45) is 5.41 Å². The minimum Gasteiger partial charge on any atom is -0.497 e. The summed E-state index contributed by atoms with van der Waals surface area (Å²) >= 11 is 0. The van der Waals surface area contributed by atoms with Crippen LogP contribution in [-0.2, 0) is 17.8 Å². The molecule has 2 aromatic carbocycles. The summed E-state index contributed by atoms with van der Waals surface area (Å²) in [5, 5.41) is 3.22. The largest absolute Gasteiger partial charge is 0.497 e. The molecule has 1 heterocycles. The standard InChI is InChI=1S/C25H34N2O2/c1-3-25(15-17-27(18-16-25)19-22-7-5-4-6-8-22)20-26-24(28)14-11-21-9-12-23(29-2)13-10-21/h4-10,12-13H,3,11,14-20H2,1-2H3,(H,26,28). The van der Waals surface area contributed by atoms with Crippen LogP contribution in [0.2, 0.25) is 0 Å². The van der Waals surface area contributed by atoms with Crippen molar-refractivity contribution >= 4 is 5.91 Å². The molecule has 0 spiro atoms. The average molecular weight is 395 g/mol. The lowest BCUT2D eigenvalue weighted by atomic mass is 9.76. The van der Waals surface area contributed by atoms with E-state index in [1.807, 2.05) is 24.3 Å². The first-order valence-corrected chi connectivity index (χ1v) is 10.8. The molecule has 4 heteroatoms. The lowest BCUT2D eigenvalue weighted by molar-refractivity contribution is -0.121. The van der Waals surface area contributed by atoms with Crippen molar-refractivity contribution in [2.45, 2.75) is 45.6 Å². The van der Waals surface area contributed by atoms with Crippen molar-refractivity contribution < 1.29 is 9.53 Å². The van der Waals surface area contributed by atoms with E-state index in [1.54, 1.807) is 7.11 Å². The molecule has 0 atom stereocenters. The van der Waals surface area contributed by atoms with Crippen LogP contribution in [0.3, 0.4) is 0 Å². The van der Waals surface area contributed by atoms with Gasteiger partial charge in [0.1, 0.15) is 5.75 Å². The summed E-state index contributed by atoms with van der Waals surface area (Å²) in [5.41, 5.74) is 2.78. The zero-order chi connectivity index (χ0) is 20.5. The van der Waals surface area contributed by atoms with E-state index in [0.29, 0.717) is 6.42 Å². The molecule has 0 aliphatic carbocycles. The molecule has 1 fully saturated rings. The summed E-state index contributed by atoms with van der Waals surface area (Å²) in [4.78, 5) is 14.9. The fourth-order valence-corrected chi connectivity index (χ4v) is 4.11. The zero-order valence-electron chi connectivity index (χ0n) is 17.8. The number of piperidine rings is 1. The van der Waals surface area contributed by atoms with Gasteiger partial charge in [0.15, 0.2) is 0 Å². The predicted molar refractivity (Wildman–Crippen MR) is 118 cm³/mol. The summed E-state index contributed by atoms with van der Waals surface area (Å²) in [7, 11) is 1.66. The molecule has 29 heavy (non-hydrogen) atoms. The van der Waals surface area contributed by atoms with Gasteiger partial charge in [0.05, 0.1) is 7.11 Å². The number of hydrogen-bond donors (Lipinski definition) is 1. The monoisotopic (exact) mass is 394 g/mol. The van der Waals surface area contributed by atoms with Crippen LogP contribution in [0.25, 0.3) is 0 Å². The number of carbonyl (C=O) groups is 1. The fraction of sp³-hybridized carbons (Fsp3) is 0.480. The maximum atomic E-state index is 12.4. The Bertz CT molecular complexity index is 750. The van der Waals surface area contributed by atoms with E-state index in [4.69, 9.17) is 4.74 Å². The van der Waals surface area contributed by atoms with Crippen LogP contribution in [0.15, 0.2) is 54.6 Å². The number of aryl methyl sites for hydroxylation is 1.